The number of thioether (sulfide) groups is 1. The zero-order chi connectivity index (χ0) is 17.8. The molecule has 3 aromatic rings. The molecule has 0 N–H and O–H groups in total. The van der Waals surface area contributed by atoms with E-state index in [1.807, 2.05) is 28.8 Å². The molecule has 4 rings (SSSR count). The van der Waals surface area contributed by atoms with E-state index >= 15 is 0 Å². The predicted molar refractivity (Wildman–Crippen MR) is 107 cm³/mol. The van der Waals surface area contributed by atoms with Crippen molar-refractivity contribution in [3.05, 3.63) is 93.4 Å². The highest BCUT2D eigenvalue weighted by atomic mass is 32.2. The van der Waals surface area contributed by atoms with Crippen molar-refractivity contribution in [1.29, 1.82) is 0 Å². The molecule has 0 spiro atoms. The van der Waals surface area contributed by atoms with Crippen LogP contribution in [0.2, 0.25) is 0 Å². The van der Waals surface area contributed by atoms with Crippen LogP contribution in [0, 0.1) is 0 Å². The first kappa shape index (κ1) is 17.1. The summed E-state index contributed by atoms with van der Waals surface area (Å²) in [5, 5.41) is 0.857. The van der Waals surface area contributed by atoms with Gasteiger partial charge in [-0.2, -0.15) is 0 Å². The molecule has 0 fully saturated rings. The highest BCUT2D eigenvalue weighted by Gasteiger charge is 2.21. The molecule has 3 nitrogen and oxygen atoms in total. The van der Waals surface area contributed by atoms with Gasteiger partial charge in [0.1, 0.15) is 0 Å². The van der Waals surface area contributed by atoms with E-state index < -0.39 is 0 Å². The Morgan fingerprint density at radius 3 is 2.35 bits per heavy atom. The van der Waals surface area contributed by atoms with E-state index in [9.17, 15) is 4.79 Å². The number of fused-ring (bicyclic) bond motifs is 1. The Kier molecular flexibility index (Phi) is 5.21. The highest BCUT2D eigenvalue weighted by molar-refractivity contribution is 7.99. The third kappa shape index (κ3) is 3.75. The van der Waals surface area contributed by atoms with Gasteiger partial charge in [-0.1, -0.05) is 72.4 Å². The van der Waals surface area contributed by atoms with E-state index in [1.165, 1.54) is 5.56 Å². The van der Waals surface area contributed by atoms with Crippen molar-refractivity contribution in [3.63, 3.8) is 0 Å². The molecule has 1 aromatic heterocycles. The summed E-state index contributed by atoms with van der Waals surface area (Å²) < 4.78 is 1.87. The lowest BCUT2D eigenvalue weighted by atomic mass is 10.2. The largest absolute Gasteiger partial charge is 0.283 e. The number of nitrogens with zero attached hydrogens (tertiary/aromatic N) is 2. The molecule has 0 bridgehead atoms. The molecule has 132 valence electrons. The fraction of sp³-hybridized carbons (Fsp3) is 0.273. The van der Waals surface area contributed by atoms with Crippen molar-refractivity contribution in [2.24, 2.45) is 0 Å². The first-order chi connectivity index (χ1) is 12.8. The number of aryl methyl sites for hydroxylation is 2. The van der Waals surface area contributed by atoms with Gasteiger partial charge >= 0.3 is 0 Å². The normalized spacial score (nSPS) is 12.9. The summed E-state index contributed by atoms with van der Waals surface area (Å²) in [7, 11) is 0. The van der Waals surface area contributed by atoms with Crippen LogP contribution in [0.25, 0.3) is 0 Å². The monoisotopic (exact) mass is 362 g/mol. The minimum atomic E-state index is 0.151. The number of hydrogen-bond acceptors (Lipinski definition) is 3. The molecule has 1 aliphatic carbocycles. The van der Waals surface area contributed by atoms with E-state index in [4.69, 9.17) is 4.98 Å². The van der Waals surface area contributed by atoms with E-state index in [-0.39, 0.29) is 5.56 Å². The summed E-state index contributed by atoms with van der Waals surface area (Å²) in [4.78, 5) is 17.9. The molecule has 1 heterocycles. The molecule has 0 radical (unpaired) electrons. The first-order valence-electron chi connectivity index (χ1n) is 9.14. The Bertz CT molecular complexity index is 936. The average Bonchev–Trinajstić information content (AvgIpc) is 3.15. The van der Waals surface area contributed by atoms with Crippen LogP contribution in [0.5, 0.6) is 0 Å². The lowest BCUT2D eigenvalue weighted by Gasteiger charge is -2.14. The minimum absolute atomic E-state index is 0.151. The summed E-state index contributed by atoms with van der Waals surface area (Å²) in [6.07, 6.45) is 3.82. The number of rotatable bonds is 6. The summed E-state index contributed by atoms with van der Waals surface area (Å²) in [6, 6.07) is 20.6. The van der Waals surface area contributed by atoms with Gasteiger partial charge in [-0.15, -0.1) is 0 Å². The third-order valence-electron chi connectivity index (χ3n) is 4.80. The van der Waals surface area contributed by atoms with Gasteiger partial charge in [0.15, 0.2) is 5.16 Å². The van der Waals surface area contributed by atoms with Gasteiger partial charge in [0, 0.05) is 11.3 Å². The maximum absolute atomic E-state index is 13.0. The molecule has 1 aliphatic rings. The zero-order valence-electron chi connectivity index (χ0n) is 14.7. The van der Waals surface area contributed by atoms with Crippen molar-refractivity contribution >= 4 is 11.8 Å². The lowest BCUT2D eigenvalue weighted by Crippen LogP contribution is -2.27. The highest BCUT2D eigenvalue weighted by Crippen LogP contribution is 2.23. The van der Waals surface area contributed by atoms with Crippen LogP contribution in [0.4, 0.5) is 0 Å². The number of benzene rings is 2. The van der Waals surface area contributed by atoms with Crippen LogP contribution >= 0.6 is 11.8 Å². The van der Waals surface area contributed by atoms with Crippen LogP contribution in [-0.2, 0) is 25.8 Å². The van der Waals surface area contributed by atoms with Gasteiger partial charge in [0.25, 0.3) is 5.56 Å². The molecule has 0 atom stereocenters. The zero-order valence-corrected chi connectivity index (χ0v) is 15.5. The van der Waals surface area contributed by atoms with Gasteiger partial charge in [-0.3, -0.25) is 9.36 Å². The maximum Gasteiger partial charge on any atom is 0.257 e. The van der Waals surface area contributed by atoms with Crippen LogP contribution in [-0.4, -0.2) is 15.3 Å². The van der Waals surface area contributed by atoms with Crippen molar-refractivity contribution in [2.75, 3.05) is 5.75 Å². The van der Waals surface area contributed by atoms with Crippen molar-refractivity contribution < 1.29 is 0 Å². The molecule has 26 heavy (non-hydrogen) atoms. The van der Waals surface area contributed by atoms with E-state index in [0.29, 0.717) is 6.54 Å². The molecule has 2 aromatic carbocycles. The molecule has 0 saturated carbocycles. The molecular formula is C22H22N2OS. The lowest BCUT2D eigenvalue weighted by molar-refractivity contribution is 0.631. The summed E-state index contributed by atoms with van der Waals surface area (Å²) in [5.41, 5.74) is 4.55. The molecular weight excluding hydrogens is 340 g/mol. The smallest absolute Gasteiger partial charge is 0.257 e. The predicted octanol–water partition coefficient (Wildman–Crippen LogP) is 4.12. The fourth-order valence-electron chi connectivity index (χ4n) is 3.43. The second kappa shape index (κ2) is 7.92. The van der Waals surface area contributed by atoms with Gasteiger partial charge in [-0.05, 0) is 36.8 Å². The average molecular weight is 362 g/mol. The standard InChI is InChI=1S/C22H22N2OS/c25-21-19-12-7-13-20(19)23-22(24(21)16-18-10-5-2-6-11-18)26-15-14-17-8-3-1-4-9-17/h1-6,8-11H,7,12-16H2. The van der Waals surface area contributed by atoms with Crippen molar-refractivity contribution in [1.82, 2.24) is 9.55 Å². The van der Waals surface area contributed by atoms with Gasteiger partial charge < -0.3 is 0 Å². The van der Waals surface area contributed by atoms with E-state index in [0.717, 1.165) is 53.4 Å². The van der Waals surface area contributed by atoms with Gasteiger partial charge in [0.05, 0.1) is 12.2 Å². The Labute approximate surface area is 158 Å². The Hall–Kier alpha value is -2.33. The van der Waals surface area contributed by atoms with Crippen molar-refractivity contribution in [3.8, 4) is 0 Å². The van der Waals surface area contributed by atoms with E-state index in [2.05, 4.69) is 36.4 Å². The second-order valence-corrected chi connectivity index (χ2v) is 7.70. The summed E-state index contributed by atoms with van der Waals surface area (Å²) in [6.45, 7) is 0.591. The fourth-order valence-corrected chi connectivity index (χ4v) is 4.43. The molecule has 4 heteroatoms. The second-order valence-electron chi connectivity index (χ2n) is 6.63. The Morgan fingerprint density at radius 1 is 0.923 bits per heavy atom. The number of aromatic nitrogens is 2. The quantitative estimate of drug-likeness (QED) is 0.489. The van der Waals surface area contributed by atoms with Crippen LogP contribution in [0.15, 0.2) is 70.6 Å². The Morgan fingerprint density at radius 2 is 1.62 bits per heavy atom. The van der Waals surface area contributed by atoms with Crippen LogP contribution in [0.3, 0.4) is 0 Å². The van der Waals surface area contributed by atoms with Gasteiger partial charge in [0.2, 0.25) is 0 Å². The summed E-state index contributed by atoms with van der Waals surface area (Å²) >= 11 is 1.69. The first-order valence-corrected chi connectivity index (χ1v) is 10.1. The SMILES string of the molecule is O=c1c2c(nc(SCCc3ccccc3)n1Cc1ccccc1)CCC2. The molecule has 0 saturated heterocycles. The Balaban J connectivity index is 1.60. The molecule has 0 amide bonds. The molecule has 0 aliphatic heterocycles. The number of hydrogen-bond donors (Lipinski definition) is 0. The molecule has 0 unspecified atom stereocenters. The van der Waals surface area contributed by atoms with Crippen molar-refractivity contribution in [2.45, 2.75) is 37.4 Å². The maximum atomic E-state index is 13.0. The third-order valence-corrected chi connectivity index (χ3v) is 5.78. The van der Waals surface area contributed by atoms with Crippen LogP contribution < -0.4 is 5.56 Å². The van der Waals surface area contributed by atoms with Gasteiger partial charge in [-0.25, -0.2) is 4.98 Å². The van der Waals surface area contributed by atoms with Crippen LogP contribution in [0.1, 0.15) is 28.8 Å². The topological polar surface area (TPSA) is 34.9 Å². The minimum Gasteiger partial charge on any atom is -0.283 e. The summed E-state index contributed by atoms with van der Waals surface area (Å²) in [5.74, 6) is 0.921. The van der Waals surface area contributed by atoms with E-state index in [1.54, 1.807) is 11.8 Å².